The van der Waals surface area contributed by atoms with Crippen LogP contribution in [0.1, 0.15) is 62.6 Å². The first-order valence-electron chi connectivity index (χ1n) is 6.54. The molecule has 1 aromatic carbocycles. The van der Waals surface area contributed by atoms with E-state index >= 15 is 0 Å². The molecule has 0 aliphatic heterocycles. The quantitative estimate of drug-likeness (QED) is 0.848. The van der Waals surface area contributed by atoms with Crippen LogP contribution in [0.5, 0.6) is 0 Å². The molecule has 0 heterocycles. The zero-order valence-corrected chi connectivity index (χ0v) is 11.7. The van der Waals surface area contributed by atoms with E-state index in [1.807, 2.05) is 0 Å². The number of halogens is 1. The molecular weight excluding hydrogens is 230 g/mol. The van der Waals surface area contributed by atoms with Crippen LogP contribution in [0.3, 0.4) is 0 Å². The first-order valence-corrected chi connectivity index (χ1v) is 6.54. The van der Waals surface area contributed by atoms with Crippen molar-refractivity contribution in [3.05, 3.63) is 35.4 Å². The van der Waals surface area contributed by atoms with Crippen molar-refractivity contribution in [1.82, 2.24) is 0 Å². The van der Waals surface area contributed by atoms with Crippen molar-refractivity contribution >= 4 is 12.4 Å². The van der Waals surface area contributed by atoms with Crippen molar-refractivity contribution in [2.45, 2.75) is 51.5 Å². The van der Waals surface area contributed by atoms with Gasteiger partial charge in [0.1, 0.15) is 0 Å². The van der Waals surface area contributed by atoms with E-state index in [1.54, 1.807) is 0 Å². The Labute approximate surface area is 111 Å². The van der Waals surface area contributed by atoms with Gasteiger partial charge in [-0.2, -0.15) is 0 Å². The molecule has 2 N–H and O–H groups in total. The largest absolute Gasteiger partial charge is 0.324 e. The maximum Gasteiger partial charge on any atom is 0.0323 e. The minimum absolute atomic E-state index is 0. The van der Waals surface area contributed by atoms with Gasteiger partial charge in [-0.3, -0.25) is 0 Å². The standard InChI is InChI=1S/C15H23N.ClH/c1-11(2)13-8-5-9-14(10-13)15(16)12-6-3-4-7-12;/h5,8-12,15H,3-4,6-7,16H2,1-2H3;1H/t15-;/m0./s1. The molecule has 1 aliphatic rings. The zero-order chi connectivity index (χ0) is 11.5. The van der Waals surface area contributed by atoms with Crippen LogP contribution in [0.15, 0.2) is 24.3 Å². The maximum atomic E-state index is 6.37. The Balaban J connectivity index is 0.00000144. The van der Waals surface area contributed by atoms with Crippen LogP contribution in [-0.4, -0.2) is 0 Å². The van der Waals surface area contributed by atoms with Crippen LogP contribution in [-0.2, 0) is 0 Å². The molecule has 2 heteroatoms. The predicted molar refractivity (Wildman–Crippen MR) is 76.7 cm³/mol. The highest BCUT2D eigenvalue weighted by Crippen LogP contribution is 2.34. The molecule has 1 fully saturated rings. The van der Waals surface area contributed by atoms with E-state index in [1.165, 1.54) is 36.8 Å². The molecule has 1 saturated carbocycles. The van der Waals surface area contributed by atoms with Gasteiger partial charge in [-0.05, 0) is 35.8 Å². The Morgan fingerprint density at radius 3 is 2.29 bits per heavy atom. The summed E-state index contributed by atoms with van der Waals surface area (Å²) in [6.07, 6.45) is 5.35. The van der Waals surface area contributed by atoms with Crippen LogP contribution in [0.25, 0.3) is 0 Å². The highest BCUT2D eigenvalue weighted by molar-refractivity contribution is 5.85. The Morgan fingerprint density at radius 2 is 1.71 bits per heavy atom. The SMILES string of the molecule is CC(C)c1cccc([C@@H](N)C2CCCC2)c1.Cl. The van der Waals surface area contributed by atoms with E-state index < -0.39 is 0 Å². The van der Waals surface area contributed by atoms with Crippen LogP contribution in [0, 0.1) is 5.92 Å². The minimum atomic E-state index is 0. The summed E-state index contributed by atoms with van der Waals surface area (Å²) in [6.45, 7) is 4.47. The molecule has 0 saturated heterocycles. The fourth-order valence-corrected chi connectivity index (χ4v) is 2.71. The number of hydrogen-bond acceptors (Lipinski definition) is 1. The first kappa shape index (κ1) is 14.5. The highest BCUT2D eigenvalue weighted by atomic mass is 35.5. The number of benzene rings is 1. The van der Waals surface area contributed by atoms with Crippen molar-refractivity contribution in [3.8, 4) is 0 Å². The summed E-state index contributed by atoms with van der Waals surface area (Å²) >= 11 is 0. The molecule has 0 amide bonds. The Kier molecular flexibility index (Phi) is 5.48. The second-order valence-corrected chi connectivity index (χ2v) is 5.40. The first-order chi connectivity index (χ1) is 7.68. The second kappa shape index (κ2) is 6.42. The molecule has 0 aromatic heterocycles. The summed E-state index contributed by atoms with van der Waals surface area (Å²) in [6, 6.07) is 9.10. The van der Waals surface area contributed by atoms with Crippen molar-refractivity contribution in [2.24, 2.45) is 11.7 Å². The van der Waals surface area contributed by atoms with Crippen molar-refractivity contribution < 1.29 is 0 Å². The van der Waals surface area contributed by atoms with Gasteiger partial charge in [0.05, 0.1) is 0 Å². The van der Waals surface area contributed by atoms with Crippen molar-refractivity contribution in [1.29, 1.82) is 0 Å². The lowest BCUT2D eigenvalue weighted by Crippen LogP contribution is -2.19. The summed E-state index contributed by atoms with van der Waals surface area (Å²) in [4.78, 5) is 0. The second-order valence-electron chi connectivity index (χ2n) is 5.40. The lowest BCUT2D eigenvalue weighted by atomic mass is 9.90. The van der Waals surface area contributed by atoms with Gasteiger partial charge < -0.3 is 5.73 Å². The van der Waals surface area contributed by atoms with Gasteiger partial charge in [0.15, 0.2) is 0 Å². The average Bonchev–Trinajstić information content (AvgIpc) is 2.81. The number of rotatable bonds is 3. The zero-order valence-electron chi connectivity index (χ0n) is 10.9. The summed E-state index contributed by atoms with van der Waals surface area (Å²) in [5.41, 5.74) is 9.11. The highest BCUT2D eigenvalue weighted by Gasteiger charge is 2.23. The van der Waals surface area contributed by atoms with E-state index in [9.17, 15) is 0 Å². The minimum Gasteiger partial charge on any atom is -0.324 e. The van der Waals surface area contributed by atoms with Crippen LogP contribution in [0.4, 0.5) is 0 Å². The fraction of sp³-hybridized carbons (Fsp3) is 0.600. The molecule has 0 bridgehead atoms. The Bertz CT molecular complexity index is 343. The van der Waals surface area contributed by atoms with E-state index in [0.29, 0.717) is 11.8 Å². The van der Waals surface area contributed by atoms with E-state index in [-0.39, 0.29) is 18.4 Å². The lowest BCUT2D eigenvalue weighted by Gasteiger charge is -2.20. The molecule has 0 unspecified atom stereocenters. The molecule has 1 atom stereocenters. The Morgan fingerprint density at radius 1 is 1.12 bits per heavy atom. The topological polar surface area (TPSA) is 26.0 Å². The van der Waals surface area contributed by atoms with Gasteiger partial charge in [-0.1, -0.05) is 51.0 Å². The van der Waals surface area contributed by atoms with Gasteiger partial charge in [0, 0.05) is 6.04 Å². The summed E-state index contributed by atoms with van der Waals surface area (Å²) in [5.74, 6) is 1.30. The molecule has 96 valence electrons. The molecule has 17 heavy (non-hydrogen) atoms. The van der Waals surface area contributed by atoms with Gasteiger partial charge in [0.2, 0.25) is 0 Å². The molecular formula is C15H24ClN. The molecule has 0 spiro atoms. The summed E-state index contributed by atoms with van der Waals surface area (Å²) in [7, 11) is 0. The van der Waals surface area contributed by atoms with Crippen molar-refractivity contribution in [3.63, 3.8) is 0 Å². The third kappa shape index (κ3) is 3.46. The summed E-state index contributed by atoms with van der Waals surface area (Å²) in [5, 5.41) is 0. The molecule has 1 aromatic rings. The number of nitrogens with two attached hydrogens (primary N) is 1. The number of hydrogen-bond donors (Lipinski definition) is 1. The molecule has 1 aliphatic carbocycles. The molecule has 0 radical (unpaired) electrons. The van der Waals surface area contributed by atoms with E-state index in [0.717, 1.165) is 0 Å². The average molecular weight is 254 g/mol. The van der Waals surface area contributed by atoms with Gasteiger partial charge in [0.25, 0.3) is 0 Å². The van der Waals surface area contributed by atoms with E-state index in [2.05, 4.69) is 38.1 Å². The normalized spacial score (nSPS) is 18.1. The summed E-state index contributed by atoms with van der Waals surface area (Å²) < 4.78 is 0. The monoisotopic (exact) mass is 253 g/mol. The smallest absolute Gasteiger partial charge is 0.0323 e. The molecule has 2 rings (SSSR count). The van der Waals surface area contributed by atoms with Crippen LogP contribution in [0.2, 0.25) is 0 Å². The maximum absolute atomic E-state index is 6.37. The molecule has 1 nitrogen and oxygen atoms in total. The van der Waals surface area contributed by atoms with Gasteiger partial charge in [-0.25, -0.2) is 0 Å². The van der Waals surface area contributed by atoms with E-state index in [4.69, 9.17) is 5.73 Å². The third-order valence-electron chi connectivity index (χ3n) is 3.87. The van der Waals surface area contributed by atoms with Crippen LogP contribution < -0.4 is 5.73 Å². The van der Waals surface area contributed by atoms with Gasteiger partial charge in [-0.15, -0.1) is 12.4 Å². The Hall–Kier alpha value is -0.530. The van der Waals surface area contributed by atoms with Crippen LogP contribution >= 0.6 is 12.4 Å². The predicted octanol–water partition coefficient (Wildman–Crippen LogP) is 4.42. The fourth-order valence-electron chi connectivity index (χ4n) is 2.71. The van der Waals surface area contributed by atoms with Crippen molar-refractivity contribution in [2.75, 3.05) is 0 Å². The lowest BCUT2D eigenvalue weighted by molar-refractivity contribution is 0.444. The third-order valence-corrected chi connectivity index (χ3v) is 3.87. The van der Waals surface area contributed by atoms with Gasteiger partial charge >= 0.3 is 0 Å².